The predicted molar refractivity (Wildman–Crippen MR) is 127 cm³/mol. The van der Waals surface area contributed by atoms with Crippen LogP contribution in [-0.2, 0) is 6.18 Å². The predicted octanol–water partition coefficient (Wildman–Crippen LogP) is 4.44. The van der Waals surface area contributed by atoms with Crippen molar-refractivity contribution in [1.82, 2.24) is 25.5 Å². The Morgan fingerprint density at radius 2 is 1.92 bits per heavy atom. The summed E-state index contributed by atoms with van der Waals surface area (Å²) in [6, 6.07) is 9.56. The fourth-order valence-corrected chi connectivity index (χ4v) is 3.93. The highest BCUT2D eigenvalue weighted by Crippen LogP contribution is 2.33. The molecule has 36 heavy (non-hydrogen) atoms. The number of hydrogen-bond acceptors (Lipinski definition) is 7. The van der Waals surface area contributed by atoms with Crippen LogP contribution in [0, 0.1) is 5.92 Å². The minimum atomic E-state index is -4.53. The first-order valence-corrected chi connectivity index (χ1v) is 11.3. The van der Waals surface area contributed by atoms with Crippen molar-refractivity contribution in [1.29, 1.82) is 0 Å². The number of fused-ring (bicyclic) bond motifs is 1. The van der Waals surface area contributed by atoms with Crippen LogP contribution < -0.4 is 20.7 Å². The number of nitrogens with one attached hydrogen (secondary N) is 4. The lowest BCUT2D eigenvalue weighted by Gasteiger charge is -2.12. The molecule has 0 bridgehead atoms. The van der Waals surface area contributed by atoms with Crippen LogP contribution in [0.15, 0.2) is 54.9 Å². The van der Waals surface area contributed by atoms with E-state index < -0.39 is 17.6 Å². The van der Waals surface area contributed by atoms with Crippen LogP contribution >= 0.6 is 0 Å². The van der Waals surface area contributed by atoms with E-state index in [-0.39, 0.29) is 11.4 Å². The molecule has 4 N–H and O–H groups in total. The topological polar surface area (TPSA) is 117 Å². The summed E-state index contributed by atoms with van der Waals surface area (Å²) in [7, 11) is 0. The number of carbonyl (C=O) groups is 1. The number of alkyl halides is 3. The first-order valence-electron chi connectivity index (χ1n) is 11.3. The van der Waals surface area contributed by atoms with Gasteiger partial charge in [-0.15, -0.1) is 0 Å². The first-order chi connectivity index (χ1) is 17.4. The first kappa shape index (κ1) is 23.5. The van der Waals surface area contributed by atoms with Gasteiger partial charge in [-0.25, -0.2) is 9.97 Å². The summed E-state index contributed by atoms with van der Waals surface area (Å²) in [4.78, 5) is 20.6. The highest BCUT2D eigenvalue weighted by molar-refractivity contribution is 6.03. The van der Waals surface area contributed by atoms with Gasteiger partial charge in [0.05, 0.1) is 5.56 Å². The Labute approximate surface area is 203 Å². The van der Waals surface area contributed by atoms with Gasteiger partial charge in [-0.2, -0.15) is 18.3 Å². The Bertz CT molecular complexity index is 1370. The summed E-state index contributed by atoms with van der Waals surface area (Å²) >= 11 is 0. The van der Waals surface area contributed by atoms with E-state index in [0.717, 1.165) is 44.4 Å². The number of aromatic nitrogens is 4. The fourth-order valence-electron chi connectivity index (χ4n) is 3.93. The molecule has 1 atom stereocenters. The minimum absolute atomic E-state index is 0.192. The van der Waals surface area contributed by atoms with E-state index in [1.54, 1.807) is 24.4 Å². The molecule has 4 heterocycles. The second-order valence-electron chi connectivity index (χ2n) is 8.35. The number of H-pyrrole nitrogens is 1. The zero-order valence-corrected chi connectivity index (χ0v) is 18.9. The van der Waals surface area contributed by atoms with Gasteiger partial charge in [0, 0.05) is 30.6 Å². The van der Waals surface area contributed by atoms with Gasteiger partial charge in [0.1, 0.15) is 22.7 Å². The molecule has 186 valence electrons. The molecule has 1 aliphatic heterocycles. The molecule has 5 rings (SSSR count). The number of pyridine rings is 2. The van der Waals surface area contributed by atoms with Gasteiger partial charge in [0.2, 0.25) is 0 Å². The van der Waals surface area contributed by atoms with Crippen molar-refractivity contribution in [2.24, 2.45) is 5.92 Å². The van der Waals surface area contributed by atoms with Gasteiger partial charge < -0.3 is 20.7 Å². The highest BCUT2D eigenvalue weighted by Gasteiger charge is 2.31. The molecule has 0 aliphatic carbocycles. The number of halogens is 3. The quantitative estimate of drug-likeness (QED) is 0.298. The number of rotatable bonds is 7. The van der Waals surface area contributed by atoms with Gasteiger partial charge in [0.25, 0.3) is 5.91 Å². The van der Waals surface area contributed by atoms with E-state index in [1.165, 1.54) is 12.1 Å². The smallest absolute Gasteiger partial charge is 0.416 e. The summed E-state index contributed by atoms with van der Waals surface area (Å²) < 4.78 is 44.7. The average molecular weight is 497 g/mol. The van der Waals surface area contributed by atoms with Gasteiger partial charge in [0.15, 0.2) is 11.5 Å². The van der Waals surface area contributed by atoms with Crippen LogP contribution in [0.3, 0.4) is 0 Å². The second kappa shape index (κ2) is 9.82. The van der Waals surface area contributed by atoms with Crippen molar-refractivity contribution in [2.45, 2.75) is 12.6 Å². The average Bonchev–Trinajstić information content (AvgIpc) is 3.53. The summed E-state index contributed by atoms with van der Waals surface area (Å²) in [5.41, 5.74) is -0.0883. The lowest BCUT2D eigenvalue weighted by atomic mass is 10.1. The molecule has 4 aromatic rings. The number of aromatic amines is 1. The maximum absolute atomic E-state index is 12.9. The van der Waals surface area contributed by atoms with Crippen LogP contribution in [-0.4, -0.2) is 45.7 Å². The Morgan fingerprint density at radius 3 is 2.67 bits per heavy atom. The standard InChI is InChI=1S/C24H22F3N7O2/c25-24(26,27)16-6-9-29-19(11-16)32-23(35)15-1-3-17(4-2-15)36-18-7-10-30-21-20(18)22(34-33-21)31-13-14-5-8-28-12-14/h1-4,6-7,9-11,14,28H,5,8,12-13H2,(H,29,32,35)(H2,30,31,33,34)/t14-/m1/s1. The minimum Gasteiger partial charge on any atom is -0.456 e. The number of anilines is 2. The third-order valence-electron chi connectivity index (χ3n) is 5.82. The molecule has 0 unspecified atom stereocenters. The van der Waals surface area contributed by atoms with Gasteiger partial charge >= 0.3 is 6.18 Å². The monoisotopic (exact) mass is 497 g/mol. The van der Waals surface area contributed by atoms with Crippen molar-refractivity contribution in [2.75, 3.05) is 30.3 Å². The molecule has 12 heteroatoms. The third-order valence-corrected chi connectivity index (χ3v) is 5.82. The molecule has 1 aliphatic rings. The molecule has 9 nitrogen and oxygen atoms in total. The van der Waals surface area contributed by atoms with Crippen LogP contribution in [0.25, 0.3) is 11.0 Å². The number of benzene rings is 1. The van der Waals surface area contributed by atoms with Crippen LogP contribution in [0.5, 0.6) is 11.5 Å². The summed E-state index contributed by atoms with van der Waals surface area (Å²) in [6.45, 7) is 2.74. The largest absolute Gasteiger partial charge is 0.456 e. The lowest BCUT2D eigenvalue weighted by Crippen LogP contribution is -2.17. The molecule has 1 aromatic carbocycles. The molecule has 1 amide bonds. The SMILES string of the molecule is O=C(Nc1cc(C(F)(F)F)ccn1)c1ccc(Oc2ccnc3[nH]nc(NC[C@@H]4CCNC4)c23)cc1. The Balaban J connectivity index is 1.28. The van der Waals surface area contributed by atoms with Gasteiger partial charge in [-0.1, -0.05) is 0 Å². The molecule has 0 saturated carbocycles. The fraction of sp³-hybridized carbons (Fsp3) is 0.250. The Kier molecular flexibility index (Phi) is 6.42. The normalized spacial score (nSPS) is 15.7. The van der Waals surface area contributed by atoms with Gasteiger partial charge in [-0.3, -0.25) is 9.89 Å². The number of amides is 1. The van der Waals surface area contributed by atoms with Crippen LogP contribution in [0.2, 0.25) is 0 Å². The molecule has 3 aromatic heterocycles. The van der Waals surface area contributed by atoms with Crippen molar-refractivity contribution in [3.63, 3.8) is 0 Å². The van der Waals surface area contributed by atoms with Crippen molar-refractivity contribution in [3.05, 3.63) is 66.0 Å². The van der Waals surface area contributed by atoms with Crippen molar-refractivity contribution < 1.29 is 22.7 Å². The van der Waals surface area contributed by atoms with E-state index in [2.05, 4.69) is 36.1 Å². The number of ether oxygens (including phenoxy) is 1. The maximum atomic E-state index is 12.9. The summed E-state index contributed by atoms with van der Waals surface area (Å²) in [5, 5.41) is 17.0. The van der Waals surface area contributed by atoms with E-state index in [1.807, 2.05) is 0 Å². The third kappa shape index (κ3) is 5.23. The highest BCUT2D eigenvalue weighted by atomic mass is 19.4. The second-order valence-corrected chi connectivity index (χ2v) is 8.35. The van der Waals surface area contributed by atoms with Crippen molar-refractivity contribution in [3.8, 4) is 11.5 Å². The van der Waals surface area contributed by atoms with Gasteiger partial charge in [-0.05, 0) is 61.8 Å². The van der Waals surface area contributed by atoms with Crippen LogP contribution in [0.4, 0.5) is 24.8 Å². The lowest BCUT2D eigenvalue weighted by molar-refractivity contribution is -0.137. The number of hydrogen-bond donors (Lipinski definition) is 4. The molecular formula is C24H22F3N7O2. The zero-order valence-electron chi connectivity index (χ0n) is 18.9. The van der Waals surface area contributed by atoms with E-state index in [4.69, 9.17) is 4.74 Å². The van der Waals surface area contributed by atoms with E-state index >= 15 is 0 Å². The molecule has 0 radical (unpaired) electrons. The molecular weight excluding hydrogens is 475 g/mol. The summed E-state index contributed by atoms with van der Waals surface area (Å²) in [6.07, 6.45) is -0.836. The van der Waals surface area contributed by atoms with Crippen molar-refractivity contribution >= 4 is 28.6 Å². The molecule has 1 saturated heterocycles. The number of nitrogens with zero attached hydrogens (tertiary/aromatic N) is 3. The Morgan fingerprint density at radius 1 is 1.11 bits per heavy atom. The number of carbonyl (C=O) groups excluding carboxylic acids is 1. The van der Waals surface area contributed by atoms with Crippen LogP contribution in [0.1, 0.15) is 22.3 Å². The van der Waals surface area contributed by atoms with E-state index in [9.17, 15) is 18.0 Å². The van der Waals surface area contributed by atoms with E-state index in [0.29, 0.717) is 34.3 Å². The Hall–Kier alpha value is -4.19. The molecule has 0 spiro atoms. The molecule has 1 fully saturated rings. The maximum Gasteiger partial charge on any atom is 0.416 e. The zero-order chi connectivity index (χ0) is 25.1. The summed E-state index contributed by atoms with van der Waals surface area (Å²) in [5.74, 6) is 1.37.